The lowest BCUT2D eigenvalue weighted by molar-refractivity contribution is -0.152. The summed E-state index contributed by atoms with van der Waals surface area (Å²) in [6, 6.07) is 9.49. The average Bonchev–Trinajstić information content (AvgIpc) is 2.29. The van der Waals surface area contributed by atoms with Crippen molar-refractivity contribution in [3.05, 3.63) is 35.9 Å². The van der Waals surface area contributed by atoms with E-state index < -0.39 is 12.1 Å². The number of hydrogen-bond acceptors (Lipinski definition) is 3. The second-order valence-corrected chi connectivity index (χ2v) is 3.89. The molecule has 4 heteroatoms. The van der Waals surface area contributed by atoms with Gasteiger partial charge in [0.2, 0.25) is 0 Å². The lowest BCUT2D eigenvalue weighted by atomic mass is 10.1. The van der Waals surface area contributed by atoms with Crippen LogP contribution in [0.4, 0.5) is 0 Å². The van der Waals surface area contributed by atoms with Gasteiger partial charge in [0, 0.05) is 6.92 Å². The van der Waals surface area contributed by atoms with Crippen molar-refractivity contribution in [2.45, 2.75) is 32.9 Å². The fourth-order valence-electron chi connectivity index (χ4n) is 1.46. The Balaban J connectivity index is 2.54. The molecular formula is C13H17NO3. The molecule has 1 amide bonds. The fourth-order valence-corrected chi connectivity index (χ4v) is 1.46. The van der Waals surface area contributed by atoms with E-state index in [1.165, 1.54) is 6.92 Å². The van der Waals surface area contributed by atoms with E-state index in [0.717, 1.165) is 5.56 Å². The van der Waals surface area contributed by atoms with Crippen molar-refractivity contribution in [1.82, 2.24) is 5.32 Å². The predicted molar refractivity (Wildman–Crippen MR) is 64.2 cm³/mol. The average molecular weight is 235 g/mol. The largest absolute Gasteiger partial charge is 0.453 e. The molecule has 0 aliphatic carbocycles. The van der Waals surface area contributed by atoms with Crippen molar-refractivity contribution >= 4 is 11.9 Å². The minimum Gasteiger partial charge on any atom is -0.453 e. The van der Waals surface area contributed by atoms with Crippen LogP contribution in [0.2, 0.25) is 0 Å². The van der Waals surface area contributed by atoms with Crippen LogP contribution in [0, 0.1) is 0 Å². The molecule has 0 aliphatic heterocycles. The first-order chi connectivity index (χ1) is 8.00. The number of nitrogens with one attached hydrogen (secondary N) is 1. The maximum absolute atomic E-state index is 11.7. The highest BCUT2D eigenvalue weighted by Gasteiger charge is 2.18. The van der Waals surface area contributed by atoms with Crippen molar-refractivity contribution in [2.75, 3.05) is 0 Å². The Morgan fingerprint density at radius 1 is 1.18 bits per heavy atom. The van der Waals surface area contributed by atoms with Crippen LogP contribution in [-0.2, 0) is 14.3 Å². The van der Waals surface area contributed by atoms with Gasteiger partial charge >= 0.3 is 5.97 Å². The molecule has 1 N–H and O–H groups in total. The van der Waals surface area contributed by atoms with Gasteiger partial charge in [-0.25, -0.2) is 0 Å². The van der Waals surface area contributed by atoms with E-state index in [2.05, 4.69) is 5.32 Å². The van der Waals surface area contributed by atoms with Crippen molar-refractivity contribution in [3.63, 3.8) is 0 Å². The Bertz CT molecular complexity index is 389. The van der Waals surface area contributed by atoms with Crippen LogP contribution in [0.1, 0.15) is 32.4 Å². The number of ether oxygens (including phenoxy) is 1. The molecule has 0 heterocycles. The molecule has 0 saturated heterocycles. The monoisotopic (exact) mass is 235 g/mol. The fraction of sp³-hybridized carbons (Fsp3) is 0.385. The Hall–Kier alpha value is -1.84. The van der Waals surface area contributed by atoms with Crippen LogP contribution in [0.5, 0.6) is 0 Å². The number of hydrogen-bond donors (Lipinski definition) is 1. The standard InChI is InChI=1S/C13H17NO3/c1-9(12-7-5-4-6-8-12)14-13(16)10(2)17-11(3)15/h4-10H,1-3H3,(H,14,16)/t9-,10-/m0/s1. The van der Waals surface area contributed by atoms with Crippen LogP contribution in [0.25, 0.3) is 0 Å². The molecule has 0 unspecified atom stereocenters. The molecule has 0 bridgehead atoms. The molecule has 1 aromatic carbocycles. The van der Waals surface area contributed by atoms with Gasteiger partial charge in [-0.2, -0.15) is 0 Å². The number of rotatable bonds is 4. The van der Waals surface area contributed by atoms with Gasteiger partial charge in [-0.1, -0.05) is 30.3 Å². The Labute approximate surface area is 101 Å². The quantitative estimate of drug-likeness (QED) is 0.810. The highest BCUT2D eigenvalue weighted by atomic mass is 16.5. The number of amides is 1. The molecule has 17 heavy (non-hydrogen) atoms. The van der Waals surface area contributed by atoms with Crippen LogP contribution in [0.15, 0.2) is 30.3 Å². The third-order valence-electron chi connectivity index (χ3n) is 2.37. The third-order valence-corrected chi connectivity index (χ3v) is 2.37. The minimum absolute atomic E-state index is 0.110. The zero-order chi connectivity index (χ0) is 12.8. The summed E-state index contributed by atoms with van der Waals surface area (Å²) in [5.74, 6) is -0.753. The maximum Gasteiger partial charge on any atom is 0.303 e. The number of esters is 1. The molecule has 0 fully saturated rings. The van der Waals surface area contributed by atoms with Crippen molar-refractivity contribution in [3.8, 4) is 0 Å². The van der Waals surface area contributed by atoms with Crippen LogP contribution >= 0.6 is 0 Å². The number of carbonyl (C=O) groups excluding carboxylic acids is 2. The first-order valence-electron chi connectivity index (χ1n) is 5.53. The summed E-state index contributed by atoms with van der Waals surface area (Å²) in [6.07, 6.45) is -0.765. The van der Waals surface area contributed by atoms with E-state index in [1.807, 2.05) is 37.3 Å². The van der Waals surface area contributed by atoms with Crippen LogP contribution in [0.3, 0.4) is 0 Å². The molecule has 1 rings (SSSR count). The molecule has 0 aromatic heterocycles. The zero-order valence-electron chi connectivity index (χ0n) is 10.3. The Morgan fingerprint density at radius 2 is 1.76 bits per heavy atom. The molecule has 0 spiro atoms. The van der Waals surface area contributed by atoms with Gasteiger partial charge in [0.05, 0.1) is 6.04 Å². The molecule has 2 atom stereocenters. The summed E-state index contributed by atoms with van der Waals surface area (Å²) < 4.78 is 4.80. The van der Waals surface area contributed by atoms with E-state index in [0.29, 0.717) is 0 Å². The second-order valence-electron chi connectivity index (χ2n) is 3.89. The SMILES string of the molecule is CC(=O)O[C@@H](C)C(=O)N[C@@H](C)c1ccccc1. The second kappa shape index (κ2) is 6.03. The molecule has 0 saturated carbocycles. The maximum atomic E-state index is 11.7. The van der Waals surface area contributed by atoms with E-state index in [1.54, 1.807) is 6.92 Å². The summed E-state index contributed by atoms with van der Waals surface area (Å²) in [5, 5.41) is 2.79. The Morgan fingerprint density at radius 3 is 2.29 bits per heavy atom. The third kappa shape index (κ3) is 4.26. The number of carbonyl (C=O) groups is 2. The van der Waals surface area contributed by atoms with Gasteiger partial charge < -0.3 is 10.1 Å². The molecule has 0 aliphatic rings. The van der Waals surface area contributed by atoms with Crippen molar-refractivity contribution in [1.29, 1.82) is 0 Å². The van der Waals surface area contributed by atoms with Crippen molar-refractivity contribution < 1.29 is 14.3 Å². The topological polar surface area (TPSA) is 55.4 Å². The molecule has 92 valence electrons. The summed E-state index contributed by atoms with van der Waals surface area (Å²) in [7, 11) is 0. The van der Waals surface area contributed by atoms with Gasteiger partial charge in [0.15, 0.2) is 6.10 Å². The first-order valence-corrected chi connectivity index (χ1v) is 5.53. The molecule has 1 aromatic rings. The number of benzene rings is 1. The first kappa shape index (κ1) is 13.2. The summed E-state index contributed by atoms with van der Waals surface area (Å²) in [5.41, 5.74) is 1.01. The summed E-state index contributed by atoms with van der Waals surface area (Å²) >= 11 is 0. The van der Waals surface area contributed by atoms with Gasteiger partial charge in [-0.05, 0) is 19.4 Å². The van der Waals surface area contributed by atoms with Crippen LogP contribution in [-0.4, -0.2) is 18.0 Å². The predicted octanol–water partition coefficient (Wildman–Crippen LogP) is 1.82. The van der Waals surface area contributed by atoms with Gasteiger partial charge in [-0.15, -0.1) is 0 Å². The molecule has 0 radical (unpaired) electrons. The summed E-state index contributed by atoms with van der Waals surface area (Å²) in [6.45, 7) is 4.71. The normalized spacial score (nSPS) is 13.6. The van der Waals surface area contributed by atoms with Gasteiger partial charge in [0.25, 0.3) is 5.91 Å². The van der Waals surface area contributed by atoms with Crippen molar-refractivity contribution in [2.24, 2.45) is 0 Å². The smallest absolute Gasteiger partial charge is 0.303 e. The molecule has 4 nitrogen and oxygen atoms in total. The highest BCUT2D eigenvalue weighted by Crippen LogP contribution is 2.11. The molecular weight excluding hydrogens is 218 g/mol. The van der Waals surface area contributed by atoms with Gasteiger partial charge in [0.1, 0.15) is 0 Å². The zero-order valence-corrected chi connectivity index (χ0v) is 10.3. The Kier molecular flexibility index (Phi) is 4.69. The van der Waals surface area contributed by atoms with E-state index >= 15 is 0 Å². The lowest BCUT2D eigenvalue weighted by Crippen LogP contribution is -2.36. The summed E-state index contributed by atoms with van der Waals surface area (Å²) in [4.78, 5) is 22.4. The van der Waals surface area contributed by atoms with Gasteiger partial charge in [-0.3, -0.25) is 9.59 Å². The van der Waals surface area contributed by atoms with E-state index in [4.69, 9.17) is 4.74 Å². The van der Waals surface area contributed by atoms with Crippen LogP contribution < -0.4 is 5.32 Å². The van der Waals surface area contributed by atoms with E-state index in [9.17, 15) is 9.59 Å². The highest BCUT2D eigenvalue weighted by molar-refractivity contribution is 5.83. The van der Waals surface area contributed by atoms with E-state index in [-0.39, 0.29) is 11.9 Å². The lowest BCUT2D eigenvalue weighted by Gasteiger charge is -2.17. The minimum atomic E-state index is -0.765.